The van der Waals surface area contributed by atoms with Crippen molar-refractivity contribution in [2.75, 3.05) is 26.7 Å². The molecule has 5 nitrogen and oxygen atoms in total. The molecule has 1 saturated carbocycles. The smallest absolute Gasteiger partial charge is 0.234 e. The Morgan fingerprint density at radius 1 is 1.29 bits per heavy atom. The minimum atomic E-state index is -0.0410. The quantitative estimate of drug-likeness (QED) is 0.737. The number of benzene rings is 1. The second-order valence-electron chi connectivity index (χ2n) is 5.37. The Bertz CT molecular complexity index is 512. The molecular formula is C16H22N2O3. The minimum Gasteiger partial charge on any atom is -0.493 e. The summed E-state index contributed by atoms with van der Waals surface area (Å²) in [6.45, 7) is 2.83. The average molecular weight is 290 g/mol. The zero-order valence-corrected chi connectivity index (χ0v) is 12.6. The van der Waals surface area contributed by atoms with Crippen LogP contribution in [-0.2, 0) is 4.79 Å². The number of rotatable bonds is 8. The molecule has 1 fully saturated rings. The number of carbonyl (C=O) groups is 2. The number of likely N-dealkylation sites (N-methyl/N-ethyl adjacent to an activating group) is 1. The maximum atomic E-state index is 12.3. The normalized spacial score (nSPS) is 14.0. The van der Waals surface area contributed by atoms with Crippen LogP contribution in [0.4, 0.5) is 0 Å². The van der Waals surface area contributed by atoms with Crippen molar-refractivity contribution in [3.63, 3.8) is 0 Å². The second kappa shape index (κ2) is 7.22. The van der Waals surface area contributed by atoms with Gasteiger partial charge in [0.15, 0.2) is 5.78 Å². The lowest BCUT2D eigenvalue weighted by atomic mass is 10.1. The summed E-state index contributed by atoms with van der Waals surface area (Å²) in [7, 11) is 1.77. The Labute approximate surface area is 125 Å². The molecule has 0 aliphatic heterocycles. The molecule has 0 radical (unpaired) electrons. The number of Topliss-reactive ketones (excluding diaryl/α,β-unsaturated/α-hetero) is 1. The average Bonchev–Trinajstić information content (AvgIpc) is 3.23. The Kier molecular flexibility index (Phi) is 5.33. The van der Waals surface area contributed by atoms with Crippen LogP contribution in [-0.4, -0.2) is 49.4 Å². The molecule has 1 aromatic rings. The Hall–Kier alpha value is -1.88. The molecule has 1 amide bonds. The van der Waals surface area contributed by atoms with Gasteiger partial charge in [0.2, 0.25) is 5.91 Å². The SMILES string of the molecule is CCOc1ccccc1C(=O)CN(C)CC(=O)NC1CC1. The number of ketones is 1. The Morgan fingerprint density at radius 3 is 2.67 bits per heavy atom. The number of carbonyl (C=O) groups excluding carboxylic acids is 2. The number of nitrogens with zero attached hydrogens (tertiary/aromatic N) is 1. The van der Waals surface area contributed by atoms with Gasteiger partial charge in [0.05, 0.1) is 25.3 Å². The topological polar surface area (TPSA) is 58.6 Å². The number of hydrogen-bond acceptors (Lipinski definition) is 4. The van der Waals surface area contributed by atoms with Crippen molar-refractivity contribution < 1.29 is 14.3 Å². The Balaban J connectivity index is 1.89. The van der Waals surface area contributed by atoms with Crippen molar-refractivity contribution in [2.45, 2.75) is 25.8 Å². The monoisotopic (exact) mass is 290 g/mol. The summed E-state index contributed by atoms with van der Waals surface area (Å²) in [5.74, 6) is 0.535. The van der Waals surface area contributed by atoms with Gasteiger partial charge in [0.1, 0.15) is 5.75 Å². The molecule has 21 heavy (non-hydrogen) atoms. The lowest BCUT2D eigenvalue weighted by Crippen LogP contribution is -2.38. The van der Waals surface area contributed by atoms with Crippen LogP contribution in [0.5, 0.6) is 5.75 Å². The lowest BCUT2D eigenvalue weighted by Gasteiger charge is -2.16. The van der Waals surface area contributed by atoms with Crippen LogP contribution in [0.15, 0.2) is 24.3 Å². The van der Waals surface area contributed by atoms with E-state index >= 15 is 0 Å². The highest BCUT2D eigenvalue weighted by Gasteiger charge is 2.24. The van der Waals surface area contributed by atoms with Crippen LogP contribution in [0.1, 0.15) is 30.1 Å². The fraction of sp³-hybridized carbons (Fsp3) is 0.500. The lowest BCUT2D eigenvalue weighted by molar-refractivity contribution is -0.121. The van der Waals surface area contributed by atoms with Crippen LogP contribution in [0.25, 0.3) is 0 Å². The standard InChI is InChI=1S/C16H22N2O3/c1-3-21-15-7-5-4-6-13(15)14(19)10-18(2)11-16(20)17-12-8-9-12/h4-7,12H,3,8-11H2,1-2H3,(H,17,20). The van der Waals surface area contributed by atoms with Gasteiger partial charge in [-0.1, -0.05) is 12.1 Å². The van der Waals surface area contributed by atoms with Gasteiger partial charge in [-0.3, -0.25) is 14.5 Å². The molecule has 114 valence electrons. The fourth-order valence-electron chi connectivity index (χ4n) is 2.11. The van der Waals surface area contributed by atoms with Gasteiger partial charge in [-0.25, -0.2) is 0 Å². The first-order valence-electron chi connectivity index (χ1n) is 7.33. The third kappa shape index (κ3) is 4.86. The van der Waals surface area contributed by atoms with Crippen LogP contribution in [0.3, 0.4) is 0 Å². The second-order valence-corrected chi connectivity index (χ2v) is 5.37. The summed E-state index contributed by atoms with van der Waals surface area (Å²) in [5, 5.41) is 2.91. The molecule has 5 heteroatoms. The summed E-state index contributed by atoms with van der Waals surface area (Å²) in [5.41, 5.74) is 0.564. The highest BCUT2D eigenvalue weighted by atomic mass is 16.5. The molecule has 0 spiro atoms. The largest absolute Gasteiger partial charge is 0.493 e. The third-order valence-electron chi connectivity index (χ3n) is 3.26. The maximum Gasteiger partial charge on any atom is 0.234 e. The third-order valence-corrected chi connectivity index (χ3v) is 3.26. The molecule has 1 aromatic carbocycles. The van der Waals surface area contributed by atoms with Crippen LogP contribution in [0.2, 0.25) is 0 Å². The van der Waals surface area contributed by atoms with Gasteiger partial charge in [-0.15, -0.1) is 0 Å². The summed E-state index contributed by atoms with van der Waals surface area (Å²) >= 11 is 0. The number of amides is 1. The van der Waals surface area contributed by atoms with Crippen LogP contribution >= 0.6 is 0 Å². The van der Waals surface area contributed by atoms with Gasteiger partial charge in [0, 0.05) is 6.04 Å². The van der Waals surface area contributed by atoms with Crippen molar-refractivity contribution in [1.82, 2.24) is 10.2 Å². The van der Waals surface area contributed by atoms with E-state index in [9.17, 15) is 9.59 Å². The highest BCUT2D eigenvalue weighted by Crippen LogP contribution is 2.19. The van der Waals surface area contributed by atoms with Crippen molar-refractivity contribution in [1.29, 1.82) is 0 Å². The first-order chi connectivity index (χ1) is 10.1. The van der Waals surface area contributed by atoms with Gasteiger partial charge in [0.25, 0.3) is 0 Å². The summed E-state index contributed by atoms with van der Waals surface area (Å²) in [4.78, 5) is 25.7. The molecule has 0 heterocycles. The van der Waals surface area contributed by atoms with Crippen molar-refractivity contribution in [3.05, 3.63) is 29.8 Å². The Morgan fingerprint density at radius 2 is 2.00 bits per heavy atom. The highest BCUT2D eigenvalue weighted by molar-refractivity contribution is 6.00. The zero-order chi connectivity index (χ0) is 15.2. The molecule has 1 aliphatic carbocycles. The summed E-state index contributed by atoms with van der Waals surface area (Å²) in [6, 6.07) is 7.55. The first-order valence-corrected chi connectivity index (χ1v) is 7.33. The van der Waals surface area contributed by atoms with E-state index < -0.39 is 0 Å². The molecule has 2 rings (SSSR count). The summed E-state index contributed by atoms with van der Waals surface area (Å²) in [6.07, 6.45) is 2.13. The molecule has 0 unspecified atom stereocenters. The summed E-state index contributed by atoms with van der Waals surface area (Å²) < 4.78 is 5.46. The molecule has 0 aromatic heterocycles. The molecule has 1 aliphatic rings. The molecule has 0 saturated heterocycles. The predicted molar refractivity (Wildman–Crippen MR) is 80.6 cm³/mol. The maximum absolute atomic E-state index is 12.3. The molecule has 1 N–H and O–H groups in total. The van der Waals surface area contributed by atoms with Gasteiger partial charge >= 0.3 is 0 Å². The number of para-hydroxylation sites is 1. The van der Waals surface area contributed by atoms with E-state index in [0.29, 0.717) is 24.0 Å². The molecular weight excluding hydrogens is 268 g/mol. The van der Waals surface area contributed by atoms with E-state index in [0.717, 1.165) is 12.8 Å². The van der Waals surface area contributed by atoms with Crippen molar-refractivity contribution in [3.8, 4) is 5.75 Å². The van der Waals surface area contributed by atoms with E-state index in [1.165, 1.54) is 0 Å². The van der Waals surface area contributed by atoms with E-state index in [-0.39, 0.29) is 24.8 Å². The van der Waals surface area contributed by atoms with E-state index in [4.69, 9.17) is 4.74 Å². The van der Waals surface area contributed by atoms with E-state index in [1.807, 2.05) is 19.1 Å². The number of hydrogen-bond donors (Lipinski definition) is 1. The molecule has 0 bridgehead atoms. The number of ether oxygens (including phenoxy) is 1. The molecule has 0 atom stereocenters. The van der Waals surface area contributed by atoms with Crippen molar-refractivity contribution in [2.24, 2.45) is 0 Å². The van der Waals surface area contributed by atoms with Crippen molar-refractivity contribution >= 4 is 11.7 Å². The van der Waals surface area contributed by atoms with Crippen LogP contribution in [0, 0.1) is 0 Å². The van der Waals surface area contributed by atoms with E-state index in [2.05, 4.69) is 5.32 Å². The minimum absolute atomic E-state index is 0.0223. The van der Waals surface area contributed by atoms with Crippen LogP contribution < -0.4 is 10.1 Å². The van der Waals surface area contributed by atoms with Gasteiger partial charge in [-0.05, 0) is 38.9 Å². The zero-order valence-electron chi connectivity index (χ0n) is 12.6. The predicted octanol–water partition coefficient (Wildman–Crippen LogP) is 1.48. The van der Waals surface area contributed by atoms with E-state index in [1.54, 1.807) is 24.1 Å². The van der Waals surface area contributed by atoms with Gasteiger partial charge in [-0.2, -0.15) is 0 Å². The first kappa shape index (κ1) is 15.5. The number of nitrogens with one attached hydrogen (secondary N) is 1. The fourth-order valence-corrected chi connectivity index (χ4v) is 2.11. The van der Waals surface area contributed by atoms with Gasteiger partial charge < -0.3 is 10.1 Å².